The van der Waals surface area contributed by atoms with E-state index >= 15 is 0 Å². The van der Waals surface area contributed by atoms with Crippen molar-refractivity contribution in [2.24, 2.45) is 0 Å². The molecule has 0 unspecified atom stereocenters. The molecule has 18 heavy (non-hydrogen) atoms. The number of carbonyl (C=O) groups excluding carboxylic acids is 2. The molecule has 1 aliphatic heterocycles. The number of hydrogen-bond donors (Lipinski definition) is 1. The van der Waals surface area contributed by atoms with Crippen molar-refractivity contribution in [3.8, 4) is 0 Å². The predicted molar refractivity (Wildman–Crippen MR) is 68.5 cm³/mol. The van der Waals surface area contributed by atoms with Crippen molar-refractivity contribution in [1.82, 2.24) is 15.2 Å². The second kappa shape index (κ2) is 4.38. The van der Waals surface area contributed by atoms with E-state index < -0.39 is 0 Å². The zero-order chi connectivity index (χ0) is 12.5. The predicted octanol–water partition coefficient (Wildman–Crippen LogP) is 0.868. The van der Waals surface area contributed by atoms with Gasteiger partial charge in [0.25, 0.3) is 5.91 Å². The van der Waals surface area contributed by atoms with Crippen LogP contribution in [0.15, 0.2) is 23.7 Å². The van der Waals surface area contributed by atoms with Gasteiger partial charge >= 0.3 is 0 Å². The molecule has 2 aromatic rings. The molecule has 0 aliphatic carbocycles. The Labute approximate surface area is 107 Å². The van der Waals surface area contributed by atoms with Crippen molar-refractivity contribution in [2.75, 3.05) is 19.6 Å². The lowest BCUT2D eigenvalue weighted by Gasteiger charge is -2.26. The third-order valence-electron chi connectivity index (χ3n) is 2.90. The number of nitrogens with zero attached hydrogens (tertiary/aromatic N) is 2. The normalized spacial score (nSPS) is 15.8. The summed E-state index contributed by atoms with van der Waals surface area (Å²) in [4.78, 5) is 29.3. The first-order valence-corrected chi connectivity index (χ1v) is 6.51. The number of thiazole rings is 1. The van der Waals surface area contributed by atoms with E-state index in [0.29, 0.717) is 18.7 Å². The summed E-state index contributed by atoms with van der Waals surface area (Å²) >= 11 is 1.50. The quantitative estimate of drug-likeness (QED) is 0.828. The zero-order valence-corrected chi connectivity index (χ0v) is 10.4. The lowest BCUT2D eigenvalue weighted by Crippen LogP contribution is -2.49. The number of amides is 2. The van der Waals surface area contributed by atoms with Crippen molar-refractivity contribution < 1.29 is 9.59 Å². The molecule has 0 saturated carbocycles. The van der Waals surface area contributed by atoms with Crippen LogP contribution < -0.4 is 5.32 Å². The first-order chi connectivity index (χ1) is 8.74. The summed E-state index contributed by atoms with van der Waals surface area (Å²) < 4.78 is 0.988. The lowest BCUT2D eigenvalue weighted by molar-refractivity contribution is -0.123. The summed E-state index contributed by atoms with van der Waals surface area (Å²) in [5.74, 6) is -0.200. The van der Waals surface area contributed by atoms with Crippen LogP contribution in [-0.4, -0.2) is 41.3 Å². The van der Waals surface area contributed by atoms with Crippen LogP contribution in [-0.2, 0) is 4.79 Å². The van der Waals surface area contributed by atoms with Gasteiger partial charge in [-0.2, -0.15) is 0 Å². The number of aromatic nitrogens is 1. The highest BCUT2D eigenvalue weighted by atomic mass is 32.1. The van der Waals surface area contributed by atoms with Crippen molar-refractivity contribution in [3.63, 3.8) is 0 Å². The monoisotopic (exact) mass is 261 g/mol. The Morgan fingerprint density at radius 3 is 3.17 bits per heavy atom. The van der Waals surface area contributed by atoms with Gasteiger partial charge in [0.2, 0.25) is 5.91 Å². The highest BCUT2D eigenvalue weighted by molar-refractivity contribution is 7.16. The Balaban J connectivity index is 1.88. The molecule has 0 spiro atoms. The number of rotatable bonds is 1. The zero-order valence-electron chi connectivity index (χ0n) is 9.55. The minimum atomic E-state index is -0.103. The standard InChI is InChI=1S/C12H11N3O2S/c16-11-6-15(4-3-13-11)12(17)8-1-2-9-10(5-8)18-7-14-9/h1-2,5,7H,3-4,6H2,(H,13,16). The van der Waals surface area contributed by atoms with Gasteiger partial charge in [0.1, 0.15) is 0 Å². The highest BCUT2D eigenvalue weighted by Gasteiger charge is 2.22. The molecule has 1 fully saturated rings. The van der Waals surface area contributed by atoms with E-state index in [1.54, 1.807) is 16.5 Å². The Bertz CT molecular complexity index is 623. The summed E-state index contributed by atoms with van der Waals surface area (Å²) in [6, 6.07) is 5.43. The molecule has 3 rings (SSSR count). The Kier molecular flexibility index (Phi) is 2.71. The third-order valence-corrected chi connectivity index (χ3v) is 3.70. The molecule has 2 heterocycles. The fourth-order valence-electron chi connectivity index (χ4n) is 1.98. The fourth-order valence-corrected chi connectivity index (χ4v) is 2.70. The highest BCUT2D eigenvalue weighted by Crippen LogP contribution is 2.20. The maximum absolute atomic E-state index is 12.2. The van der Waals surface area contributed by atoms with E-state index in [-0.39, 0.29) is 18.4 Å². The molecule has 0 radical (unpaired) electrons. The Hall–Kier alpha value is -1.95. The van der Waals surface area contributed by atoms with Gasteiger partial charge in [-0.3, -0.25) is 9.59 Å². The molecule has 1 aromatic heterocycles. The number of hydrogen-bond acceptors (Lipinski definition) is 4. The van der Waals surface area contributed by atoms with Crippen LogP contribution in [0.5, 0.6) is 0 Å². The smallest absolute Gasteiger partial charge is 0.254 e. The molecule has 0 atom stereocenters. The largest absolute Gasteiger partial charge is 0.353 e. The van der Waals surface area contributed by atoms with E-state index in [1.807, 2.05) is 12.1 Å². The summed E-state index contributed by atoms with van der Waals surface area (Å²) in [6.45, 7) is 1.22. The summed E-state index contributed by atoms with van der Waals surface area (Å²) in [5, 5.41) is 2.70. The molecular weight excluding hydrogens is 250 g/mol. The number of carbonyl (C=O) groups is 2. The van der Waals surface area contributed by atoms with Gasteiger partial charge in [0.15, 0.2) is 0 Å². The van der Waals surface area contributed by atoms with E-state index in [9.17, 15) is 9.59 Å². The fraction of sp³-hybridized carbons (Fsp3) is 0.250. The Morgan fingerprint density at radius 1 is 1.44 bits per heavy atom. The van der Waals surface area contributed by atoms with Gasteiger partial charge in [-0.25, -0.2) is 4.98 Å². The molecule has 1 N–H and O–H groups in total. The SMILES string of the molecule is O=C1CN(C(=O)c2ccc3ncsc3c2)CCN1. The van der Waals surface area contributed by atoms with E-state index in [1.165, 1.54) is 11.3 Å². The lowest BCUT2D eigenvalue weighted by atomic mass is 10.1. The van der Waals surface area contributed by atoms with Gasteiger partial charge in [-0.1, -0.05) is 0 Å². The van der Waals surface area contributed by atoms with E-state index in [4.69, 9.17) is 0 Å². The van der Waals surface area contributed by atoms with Crippen LogP contribution in [0, 0.1) is 0 Å². The van der Waals surface area contributed by atoms with Gasteiger partial charge < -0.3 is 10.2 Å². The molecule has 2 amide bonds. The summed E-state index contributed by atoms with van der Waals surface area (Å²) in [5.41, 5.74) is 3.27. The minimum absolute atomic E-state index is 0.0971. The van der Waals surface area contributed by atoms with Crippen molar-refractivity contribution >= 4 is 33.4 Å². The molecule has 1 saturated heterocycles. The van der Waals surface area contributed by atoms with Crippen LogP contribution in [0.4, 0.5) is 0 Å². The maximum Gasteiger partial charge on any atom is 0.254 e. The van der Waals surface area contributed by atoms with Crippen molar-refractivity contribution in [1.29, 1.82) is 0 Å². The van der Waals surface area contributed by atoms with Crippen LogP contribution in [0.2, 0.25) is 0 Å². The Morgan fingerprint density at radius 2 is 2.33 bits per heavy atom. The van der Waals surface area contributed by atoms with Gasteiger partial charge in [-0.15, -0.1) is 11.3 Å². The molecule has 1 aromatic carbocycles. The molecule has 6 heteroatoms. The second-order valence-corrected chi connectivity index (χ2v) is 5.00. The van der Waals surface area contributed by atoms with Crippen LogP contribution in [0.25, 0.3) is 10.2 Å². The van der Waals surface area contributed by atoms with Gasteiger partial charge in [-0.05, 0) is 18.2 Å². The van der Waals surface area contributed by atoms with Crippen LogP contribution in [0.3, 0.4) is 0 Å². The molecule has 92 valence electrons. The maximum atomic E-state index is 12.2. The van der Waals surface area contributed by atoms with Crippen LogP contribution >= 0.6 is 11.3 Å². The topological polar surface area (TPSA) is 62.3 Å². The number of benzene rings is 1. The van der Waals surface area contributed by atoms with Gasteiger partial charge in [0, 0.05) is 18.7 Å². The van der Waals surface area contributed by atoms with E-state index in [0.717, 1.165) is 10.2 Å². The van der Waals surface area contributed by atoms with Crippen molar-refractivity contribution in [3.05, 3.63) is 29.3 Å². The average molecular weight is 261 g/mol. The van der Waals surface area contributed by atoms with Gasteiger partial charge in [0.05, 0.1) is 22.3 Å². The van der Waals surface area contributed by atoms with E-state index in [2.05, 4.69) is 10.3 Å². The molecule has 5 nitrogen and oxygen atoms in total. The summed E-state index contributed by atoms with van der Waals surface area (Å²) in [6.07, 6.45) is 0. The number of nitrogens with one attached hydrogen (secondary N) is 1. The van der Waals surface area contributed by atoms with Crippen LogP contribution in [0.1, 0.15) is 10.4 Å². The first kappa shape index (κ1) is 11.2. The molecule has 0 bridgehead atoms. The van der Waals surface area contributed by atoms with Crippen molar-refractivity contribution in [2.45, 2.75) is 0 Å². The third kappa shape index (κ3) is 1.95. The number of fused-ring (bicyclic) bond motifs is 1. The second-order valence-electron chi connectivity index (χ2n) is 4.11. The summed E-state index contributed by atoms with van der Waals surface area (Å²) in [7, 11) is 0. The number of piperazine rings is 1. The first-order valence-electron chi connectivity index (χ1n) is 5.63. The molecular formula is C12H11N3O2S. The molecule has 1 aliphatic rings. The average Bonchev–Trinajstić information content (AvgIpc) is 2.85. The minimum Gasteiger partial charge on any atom is -0.353 e.